The van der Waals surface area contributed by atoms with Crippen molar-refractivity contribution in [2.24, 2.45) is 11.7 Å². The molecule has 0 bridgehead atoms. The van der Waals surface area contributed by atoms with Crippen LogP contribution in [0.4, 0.5) is 32.2 Å². The molecular weight excluding hydrogens is 590 g/mol. The number of nitrogens with one attached hydrogen (secondary N) is 1. The second-order valence-corrected chi connectivity index (χ2v) is 12.1. The minimum absolute atomic E-state index is 0.110. The van der Waals surface area contributed by atoms with Gasteiger partial charge in [-0.2, -0.15) is 30.6 Å². The van der Waals surface area contributed by atoms with Gasteiger partial charge in [0.2, 0.25) is 15.9 Å². The summed E-state index contributed by atoms with van der Waals surface area (Å²) in [5.74, 6) is 0.0416. The summed E-state index contributed by atoms with van der Waals surface area (Å²) in [6, 6.07) is 6.70. The maximum Gasteiger partial charge on any atom is 0.416 e. The largest absolute Gasteiger partial charge is 0.416 e. The quantitative estimate of drug-likeness (QED) is 0.365. The van der Waals surface area contributed by atoms with Gasteiger partial charge in [0, 0.05) is 31.6 Å². The van der Waals surface area contributed by atoms with Crippen LogP contribution >= 0.6 is 0 Å². The van der Waals surface area contributed by atoms with E-state index in [0.717, 1.165) is 4.31 Å². The molecule has 0 spiro atoms. The van der Waals surface area contributed by atoms with Crippen LogP contribution in [0, 0.1) is 5.92 Å². The molecule has 0 saturated carbocycles. The highest BCUT2D eigenvalue weighted by Gasteiger charge is 2.39. The summed E-state index contributed by atoms with van der Waals surface area (Å²) in [6.07, 6.45) is -10.4. The first-order valence-corrected chi connectivity index (χ1v) is 14.2. The van der Waals surface area contributed by atoms with Crippen molar-refractivity contribution in [2.45, 2.75) is 43.7 Å². The van der Waals surface area contributed by atoms with Gasteiger partial charge in [-0.05, 0) is 36.2 Å². The maximum atomic E-state index is 13.3. The van der Waals surface area contributed by atoms with Crippen molar-refractivity contribution >= 4 is 32.7 Å². The van der Waals surface area contributed by atoms with Crippen LogP contribution in [-0.2, 0) is 33.7 Å². The van der Waals surface area contributed by atoms with Gasteiger partial charge in [0.15, 0.2) is 0 Å². The maximum absolute atomic E-state index is 13.3. The lowest BCUT2D eigenvalue weighted by Gasteiger charge is -2.33. The zero-order chi connectivity index (χ0) is 31.0. The summed E-state index contributed by atoms with van der Waals surface area (Å²) in [5, 5.41) is 3.74. The van der Waals surface area contributed by atoms with E-state index in [4.69, 9.17) is 5.73 Å². The molecule has 0 aliphatic carbocycles. The van der Waals surface area contributed by atoms with E-state index in [2.05, 4.69) is 15.3 Å². The molecule has 3 aromatic rings. The van der Waals surface area contributed by atoms with Crippen molar-refractivity contribution in [3.05, 3.63) is 59.4 Å². The van der Waals surface area contributed by atoms with Crippen molar-refractivity contribution in [3.8, 4) is 0 Å². The Kier molecular flexibility index (Phi) is 8.72. The number of piperazine rings is 1. The molecule has 1 saturated heterocycles. The van der Waals surface area contributed by atoms with Crippen LogP contribution in [0.5, 0.6) is 0 Å². The lowest BCUT2D eigenvalue weighted by molar-refractivity contribution is -0.143. The van der Waals surface area contributed by atoms with E-state index >= 15 is 0 Å². The number of primary amides is 1. The number of carbonyl (C=O) groups is 1. The fourth-order valence-electron chi connectivity index (χ4n) is 4.57. The van der Waals surface area contributed by atoms with Gasteiger partial charge < -0.3 is 11.1 Å². The number of rotatable bonds is 8. The average molecular weight is 619 g/mol. The standard InChI is InChI=1S/C26H28F6N6O3S/c1-15(2)22(23(33)39)36-24-19-5-3-4-6-20(19)34-21(35-24)14-37-7-9-38(10-8-37)42(40,41)18-12-16(25(27,28)29)11-17(13-18)26(30,31)32/h3-6,11-13,15,22H,7-10,14H2,1-2H3,(H2,33,39)(H,34,35,36)/t22-/m0/s1. The van der Waals surface area contributed by atoms with Crippen LogP contribution in [0.2, 0.25) is 0 Å². The Morgan fingerprint density at radius 3 is 2.05 bits per heavy atom. The first kappa shape index (κ1) is 31.4. The number of benzene rings is 2. The minimum Gasteiger partial charge on any atom is -0.368 e. The molecule has 1 aliphatic heterocycles. The topological polar surface area (TPSA) is 122 Å². The molecule has 1 atom stereocenters. The lowest BCUT2D eigenvalue weighted by atomic mass is 10.0. The number of hydrogen-bond acceptors (Lipinski definition) is 7. The van der Waals surface area contributed by atoms with E-state index in [1.54, 1.807) is 29.2 Å². The second kappa shape index (κ2) is 11.6. The van der Waals surface area contributed by atoms with Crippen molar-refractivity contribution in [1.82, 2.24) is 19.2 Å². The van der Waals surface area contributed by atoms with Crippen LogP contribution < -0.4 is 11.1 Å². The van der Waals surface area contributed by atoms with Gasteiger partial charge in [-0.3, -0.25) is 9.69 Å². The monoisotopic (exact) mass is 618 g/mol. The van der Waals surface area contributed by atoms with Gasteiger partial charge in [0.05, 0.1) is 28.1 Å². The molecular formula is C26H28F6N6O3S. The molecule has 42 heavy (non-hydrogen) atoms. The highest BCUT2D eigenvalue weighted by molar-refractivity contribution is 7.89. The first-order valence-electron chi connectivity index (χ1n) is 12.8. The number of alkyl halides is 6. The molecule has 4 rings (SSSR count). The normalized spacial score (nSPS) is 16.6. The van der Waals surface area contributed by atoms with Crippen molar-refractivity contribution in [1.29, 1.82) is 0 Å². The molecule has 1 amide bonds. The van der Waals surface area contributed by atoms with Crippen LogP contribution in [0.25, 0.3) is 10.9 Å². The summed E-state index contributed by atoms with van der Waals surface area (Å²) in [5.41, 5.74) is 2.72. The number of para-hydroxylation sites is 1. The Labute approximate surface area is 237 Å². The molecule has 228 valence electrons. The SMILES string of the molecule is CC(C)[C@H](Nc1nc(CN2CCN(S(=O)(=O)c3cc(C(F)(F)F)cc(C(F)(F)F)c3)CC2)nc2ccccc12)C(N)=O. The number of anilines is 1. The number of fused-ring (bicyclic) bond motifs is 1. The van der Waals surface area contributed by atoms with Crippen molar-refractivity contribution in [3.63, 3.8) is 0 Å². The molecule has 3 N–H and O–H groups in total. The number of hydrogen-bond donors (Lipinski definition) is 2. The Hall–Kier alpha value is -3.50. The number of amides is 1. The van der Waals surface area contributed by atoms with Gasteiger partial charge in [-0.25, -0.2) is 18.4 Å². The third kappa shape index (κ3) is 6.93. The highest BCUT2D eigenvalue weighted by Crippen LogP contribution is 2.38. The predicted octanol–water partition coefficient (Wildman–Crippen LogP) is 4.10. The molecule has 16 heteroatoms. The number of aromatic nitrogens is 2. The zero-order valence-electron chi connectivity index (χ0n) is 22.5. The van der Waals surface area contributed by atoms with Gasteiger partial charge in [0.25, 0.3) is 0 Å². The van der Waals surface area contributed by atoms with Gasteiger partial charge in [0.1, 0.15) is 17.7 Å². The average Bonchev–Trinajstić information content (AvgIpc) is 2.90. The van der Waals surface area contributed by atoms with Crippen LogP contribution in [0.15, 0.2) is 47.4 Å². The van der Waals surface area contributed by atoms with Crippen molar-refractivity contribution < 1.29 is 39.6 Å². The summed E-state index contributed by atoms with van der Waals surface area (Å²) >= 11 is 0. The molecule has 2 heterocycles. The highest BCUT2D eigenvalue weighted by atomic mass is 32.2. The molecule has 0 unspecified atom stereocenters. The molecule has 2 aromatic carbocycles. The Bertz CT molecular complexity index is 1540. The third-order valence-electron chi connectivity index (χ3n) is 6.81. The Morgan fingerprint density at radius 2 is 1.52 bits per heavy atom. The number of sulfonamides is 1. The molecule has 1 aromatic heterocycles. The number of carbonyl (C=O) groups excluding carboxylic acids is 1. The molecule has 1 fully saturated rings. The number of nitrogens with zero attached hydrogens (tertiary/aromatic N) is 4. The van der Waals surface area contributed by atoms with E-state index in [1.807, 2.05) is 13.8 Å². The van der Waals surface area contributed by atoms with Crippen LogP contribution in [0.1, 0.15) is 30.8 Å². The summed E-state index contributed by atoms with van der Waals surface area (Å²) in [7, 11) is -4.67. The van der Waals surface area contributed by atoms with E-state index in [1.165, 1.54) is 0 Å². The van der Waals surface area contributed by atoms with Crippen LogP contribution in [0.3, 0.4) is 0 Å². The molecule has 0 radical (unpaired) electrons. The summed E-state index contributed by atoms with van der Waals surface area (Å²) < 4.78 is 107. The van der Waals surface area contributed by atoms with Crippen molar-refractivity contribution in [2.75, 3.05) is 31.5 Å². The molecule has 1 aliphatic rings. The zero-order valence-corrected chi connectivity index (χ0v) is 23.3. The van der Waals surface area contributed by atoms with Gasteiger partial charge >= 0.3 is 12.4 Å². The predicted molar refractivity (Wildman–Crippen MR) is 141 cm³/mol. The van der Waals surface area contributed by atoms with Gasteiger partial charge in [-0.15, -0.1) is 0 Å². The third-order valence-corrected chi connectivity index (χ3v) is 8.69. The minimum atomic E-state index is -5.18. The lowest BCUT2D eigenvalue weighted by Crippen LogP contribution is -2.48. The smallest absolute Gasteiger partial charge is 0.368 e. The number of nitrogens with two attached hydrogens (primary N) is 1. The summed E-state index contributed by atoms with van der Waals surface area (Å²) in [4.78, 5) is 21.8. The molecule has 9 nitrogen and oxygen atoms in total. The Balaban J connectivity index is 1.54. The Morgan fingerprint density at radius 1 is 0.952 bits per heavy atom. The van der Waals surface area contributed by atoms with Gasteiger partial charge in [-0.1, -0.05) is 26.0 Å². The van der Waals surface area contributed by atoms with Crippen LogP contribution in [-0.4, -0.2) is 65.7 Å². The second-order valence-electron chi connectivity index (χ2n) is 10.2. The van der Waals surface area contributed by atoms with E-state index in [-0.39, 0.29) is 56.8 Å². The van der Waals surface area contributed by atoms with E-state index in [0.29, 0.717) is 22.5 Å². The summed E-state index contributed by atoms with van der Waals surface area (Å²) in [6.45, 7) is 3.66. The van der Waals surface area contributed by atoms with E-state index in [9.17, 15) is 39.6 Å². The fraction of sp³-hybridized carbons (Fsp3) is 0.423. The van der Waals surface area contributed by atoms with E-state index < -0.39 is 50.3 Å². The number of halogens is 6. The first-order chi connectivity index (χ1) is 19.5. The fourth-order valence-corrected chi connectivity index (χ4v) is 6.07.